The van der Waals surface area contributed by atoms with Crippen LogP contribution in [0.1, 0.15) is 33.6 Å². The molecular formula is C9H17NO3. The molecule has 0 heterocycles. The summed E-state index contributed by atoms with van der Waals surface area (Å²) in [6.07, 6.45) is 0.698. The summed E-state index contributed by atoms with van der Waals surface area (Å²) in [5.41, 5.74) is 0. The Hall–Kier alpha value is -1.06. The van der Waals surface area contributed by atoms with Crippen molar-refractivity contribution in [2.24, 2.45) is 5.92 Å². The van der Waals surface area contributed by atoms with Crippen LogP contribution in [0.3, 0.4) is 0 Å². The number of hydrogen-bond acceptors (Lipinski definition) is 2. The van der Waals surface area contributed by atoms with Gasteiger partial charge in [0.15, 0.2) is 0 Å². The molecule has 0 rings (SSSR count). The SMILES string of the molecule is CC(=O)N[C@@H](CC(=O)O)CC(C)C. The van der Waals surface area contributed by atoms with Gasteiger partial charge in [-0.3, -0.25) is 9.59 Å². The van der Waals surface area contributed by atoms with E-state index in [0.717, 1.165) is 0 Å². The summed E-state index contributed by atoms with van der Waals surface area (Å²) in [5.74, 6) is -0.664. The van der Waals surface area contributed by atoms with Gasteiger partial charge >= 0.3 is 5.97 Å². The van der Waals surface area contributed by atoms with Gasteiger partial charge in [-0.25, -0.2) is 0 Å². The van der Waals surface area contributed by atoms with Gasteiger partial charge in [0.2, 0.25) is 5.91 Å². The Bertz CT molecular complexity index is 173. The predicted molar refractivity (Wildman–Crippen MR) is 49.3 cm³/mol. The summed E-state index contributed by atoms with van der Waals surface area (Å²) in [7, 11) is 0. The van der Waals surface area contributed by atoms with Gasteiger partial charge in [-0.05, 0) is 12.3 Å². The van der Waals surface area contributed by atoms with E-state index in [-0.39, 0.29) is 18.4 Å². The summed E-state index contributed by atoms with van der Waals surface area (Å²) in [6.45, 7) is 5.39. The number of carboxylic acid groups (broad SMARTS) is 1. The first-order chi connectivity index (χ1) is 5.91. The second kappa shape index (κ2) is 5.56. The second-order valence-electron chi connectivity index (χ2n) is 3.62. The molecule has 0 aliphatic heterocycles. The molecule has 0 aliphatic carbocycles. The molecule has 4 nitrogen and oxygen atoms in total. The second-order valence-corrected chi connectivity index (χ2v) is 3.62. The minimum atomic E-state index is -0.876. The van der Waals surface area contributed by atoms with Crippen molar-refractivity contribution in [1.82, 2.24) is 5.32 Å². The van der Waals surface area contributed by atoms with Crippen molar-refractivity contribution < 1.29 is 14.7 Å². The standard InChI is InChI=1S/C9H17NO3/c1-6(2)4-8(5-9(12)13)10-7(3)11/h6,8H,4-5H2,1-3H3,(H,10,11)(H,12,13)/t8-/m1/s1. The molecule has 0 radical (unpaired) electrons. The monoisotopic (exact) mass is 187 g/mol. The third kappa shape index (κ3) is 7.31. The zero-order valence-electron chi connectivity index (χ0n) is 8.33. The molecule has 0 unspecified atom stereocenters. The molecule has 0 bridgehead atoms. The van der Waals surface area contributed by atoms with Crippen LogP contribution in [0.4, 0.5) is 0 Å². The highest BCUT2D eigenvalue weighted by molar-refractivity contribution is 5.74. The summed E-state index contributed by atoms with van der Waals surface area (Å²) >= 11 is 0. The first kappa shape index (κ1) is 11.9. The van der Waals surface area contributed by atoms with Gasteiger partial charge in [0.1, 0.15) is 0 Å². The van der Waals surface area contributed by atoms with E-state index in [4.69, 9.17) is 5.11 Å². The summed E-state index contributed by atoms with van der Waals surface area (Å²) in [6, 6.07) is -0.241. The van der Waals surface area contributed by atoms with Crippen LogP contribution in [0, 0.1) is 5.92 Å². The number of hydrogen-bond donors (Lipinski definition) is 2. The van der Waals surface area contributed by atoms with E-state index in [1.165, 1.54) is 6.92 Å². The molecule has 2 N–H and O–H groups in total. The van der Waals surface area contributed by atoms with E-state index in [1.54, 1.807) is 0 Å². The molecule has 4 heteroatoms. The smallest absolute Gasteiger partial charge is 0.305 e. The molecule has 0 aromatic rings. The molecule has 0 aromatic heterocycles. The zero-order chi connectivity index (χ0) is 10.4. The van der Waals surface area contributed by atoms with E-state index < -0.39 is 5.97 Å². The maximum Gasteiger partial charge on any atom is 0.305 e. The van der Waals surface area contributed by atoms with E-state index in [2.05, 4.69) is 5.32 Å². The molecule has 0 aliphatic rings. The number of amides is 1. The lowest BCUT2D eigenvalue weighted by atomic mass is 10.0. The van der Waals surface area contributed by atoms with Gasteiger partial charge in [-0.15, -0.1) is 0 Å². The lowest BCUT2D eigenvalue weighted by molar-refractivity contribution is -0.137. The van der Waals surface area contributed by atoms with E-state index in [9.17, 15) is 9.59 Å². The van der Waals surface area contributed by atoms with Gasteiger partial charge < -0.3 is 10.4 Å². The van der Waals surface area contributed by atoms with Crippen LogP contribution >= 0.6 is 0 Å². The summed E-state index contributed by atoms with van der Waals surface area (Å²) < 4.78 is 0. The first-order valence-corrected chi connectivity index (χ1v) is 4.40. The minimum absolute atomic E-state index is 0.00222. The molecule has 0 saturated heterocycles. The molecule has 76 valence electrons. The quantitative estimate of drug-likeness (QED) is 0.675. The van der Waals surface area contributed by atoms with Crippen molar-refractivity contribution in [2.75, 3.05) is 0 Å². The number of carbonyl (C=O) groups excluding carboxylic acids is 1. The normalized spacial score (nSPS) is 12.6. The molecule has 1 atom stereocenters. The van der Waals surface area contributed by atoms with Crippen LogP contribution in [0.15, 0.2) is 0 Å². The molecule has 0 saturated carbocycles. The van der Waals surface area contributed by atoms with Crippen LogP contribution in [-0.4, -0.2) is 23.0 Å². The maximum absolute atomic E-state index is 10.7. The Kier molecular flexibility index (Phi) is 5.11. The lowest BCUT2D eigenvalue weighted by Gasteiger charge is -2.17. The Labute approximate surface area is 78.3 Å². The predicted octanol–water partition coefficient (Wildman–Crippen LogP) is 1.01. The fourth-order valence-electron chi connectivity index (χ4n) is 1.26. The third-order valence-corrected chi connectivity index (χ3v) is 1.58. The number of rotatable bonds is 5. The molecular weight excluding hydrogens is 170 g/mol. The van der Waals surface area contributed by atoms with Crippen LogP contribution in [-0.2, 0) is 9.59 Å². The zero-order valence-corrected chi connectivity index (χ0v) is 8.33. The first-order valence-electron chi connectivity index (χ1n) is 4.40. The van der Waals surface area contributed by atoms with Crippen molar-refractivity contribution in [3.8, 4) is 0 Å². The topological polar surface area (TPSA) is 66.4 Å². The van der Waals surface area contributed by atoms with Crippen LogP contribution < -0.4 is 5.32 Å². The molecule has 0 fully saturated rings. The van der Waals surface area contributed by atoms with E-state index >= 15 is 0 Å². The van der Waals surface area contributed by atoms with Crippen LogP contribution in [0.25, 0.3) is 0 Å². The fourth-order valence-corrected chi connectivity index (χ4v) is 1.26. The number of carboxylic acids is 1. The highest BCUT2D eigenvalue weighted by Crippen LogP contribution is 2.07. The molecule has 0 spiro atoms. The van der Waals surface area contributed by atoms with Crippen LogP contribution in [0.2, 0.25) is 0 Å². The van der Waals surface area contributed by atoms with Crippen LogP contribution in [0.5, 0.6) is 0 Å². The van der Waals surface area contributed by atoms with Crippen molar-refractivity contribution in [3.05, 3.63) is 0 Å². The highest BCUT2D eigenvalue weighted by atomic mass is 16.4. The number of aliphatic carboxylic acids is 1. The third-order valence-electron chi connectivity index (χ3n) is 1.58. The molecule has 0 aromatic carbocycles. The van der Waals surface area contributed by atoms with Gasteiger partial charge in [-0.2, -0.15) is 0 Å². The van der Waals surface area contributed by atoms with Gasteiger partial charge in [-0.1, -0.05) is 13.8 Å². The fraction of sp³-hybridized carbons (Fsp3) is 0.778. The summed E-state index contributed by atoms with van der Waals surface area (Å²) in [5, 5.41) is 11.2. The van der Waals surface area contributed by atoms with Gasteiger partial charge in [0.05, 0.1) is 6.42 Å². The van der Waals surface area contributed by atoms with Crippen molar-refractivity contribution in [1.29, 1.82) is 0 Å². The number of carbonyl (C=O) groups is 2. The van der Waals surface area contributed by atoms with E-state index in [1.807, 2.05) is 13.8 Å². The average Bonchev–Trinajstić information content (AvgIpc) is 1.80. The highest BCUT2D eigenvalue weighted by Gasteiger charge is 2.15. The van der Waals surface area contributed by atoms with Crippen molar-refractivity contribution >= 4 is 11.9 Å². The van der Waals surface area contributed by atoms with E-state index in [0.29, 0.717) is 12.3 Å². The van der Waals surface area contributed by atoms with Gasteiger partial charge in [0, 0.05) is 13.0 Å². The molecule has 1 amide bonds. The lowest BCUT2D eigenvalue weighted by Crippen LogP contribution is -2.35. The minimum Gasteiger partial charge on any atom is -0.481 e. The largest absolute Gasteiger partial charge is 0.481 e. The average molecular weight is 187 g/mol. The van der Waals surface area contributed by atoms with Crippen molar-refractivity contribution in [3.63, 3.8) is 0 Å². The summed E-state index contributed by atoms with van der Waals surface area (Å²) in [4.78, 5) is 21.1. The number of nitrogens with one attached hydrogen (secondary N) is 1. The van der Waals surface area contributed by atoms with Crippen molar-refractivity contribution in [2.45, 2.75) is 39.7 Å². The Morgan fingerprint density at radius 3 is 2.23 bits per heavy atom. The Morgan fingerprint density at radius 2 is 1.92 bits per heavy atom. The Balaban J connectivity index is 4.02. The van der Waals surface area contributed by atoms with Gasteiger partial charge in [0.25, 0.3) is 0 Å². The Morgan fingerprint density at radius 1 is 1.38 bits per heavy atom. The maximum atomic E-state index is 10.7. The molecule has 13 heavy (non-hydrogen) atoms.